The molecule has 2 aromatic carbocycles. The number of hydrogen-bond donors (Lipinski definition) is 0. The van der Waals surface area contributed by atoms with Crippen LogP contribution in [0, 0.1) is 13.8 Å². The van der Waals surface area contributed by atoms with Crippen molar-refractivity contribution in [3.8, 4) is 0 Å². The second kappa shape index (κ2) is 6.08. The zero-order chi connectivity index (χ0) is 16.6. The van der Waals surface area contributed by atoms with Gasteiger partial charge in [0.05, 0.1) is 5.69 Å². The fraction of sp³-hybridized carbons (Fsp3) is 0.222. The van der Waals surface area contributed by atoms with E-state index in [9.17, 15) is 13.8 Å². The highest BCUT2D eigenvalue weighted by atomic mass is 32.2. The number of amides is 2. The molecule has 0 spiro atoms. The first-order chi connectivity index (χ1) is 11.0. The summed E-state index contributed by atoms with van der Waals surface area (Å²) in [5, 5.41) is -0.796. The van der Waals surface area contributed by atoms with E-state index in [1.165, 1.54) is 4.90 Å². The zero-order valence-electron chi connectivity index (χ0n) is 13.0. The van der Waals surface area contributed by atoms with Gasteiger partial charge in [-0.2, -0.15) is 0 Å². The van der Waals surface area contributed by atoms with Gasteiger partial charge in [0.15, 0.2) is 0 Å². The normalized spacial score (nSPS) is 21.6. The van der Waals surface area contributed by atoms with Crippen LogP contribution in [0.15, 0.2) is 48.5 Å². The Balaban J connectivity index is 2.03. The van der Waals surface area contributed by atoms with Crippen molar-refractivity contribution in [1.29, 1.82) is 0 Å². The number of carbonyl (C=O) groups excluding carboxylic acids is 2. The first kappa shape index (κ1) is 15.6. The van der Waals surface area contributed by atoms with Crippen LogP contribution in [-0.4, -0.2) is 21.8 Å². The fourth-order valence-corrected chi connectivity index (χ4v) is 4.01. The molecule has 1 fully saturated rings. The van der Waals surface area contributed by atoms with Crippen molar-refractivity contribution in [2.45, 2.75) is 19.1 Å². The van der Waals surface area contributed by atoms with Crippen molar-refractivity contribution >= 4 is 28.3 Å². The number of nitrogens with zero attached hydrogens (tertiary/aromatic N) is 1. The first-order valence-electron chi connectivity index (χ1n) is 7.35. The Morgan fingerprint density at radius 2 is 1.70 bits per heavy atom. The molecule has 0 aliphatic carbocycles. The van der Waals surface area contributed by atoms with Crippen molar-refractivity contribution in [1.82, 2.24) is 0 Å². The Morgan fingerprint density at radius 1 is 1.00 bits per heavy atom. The lowest BCUT2D eigenvalue weighted by molar-refractivity contribution is -0.125. The quantitative estimate of drug-likeness (QED) is 0.797. The second-order valence-electron chi connectivity index (χ2n) is 5.65. The van der Waals surface area contributed by atoms with Crippen LogP contribution >= 0.6 is 0 Å². The number of rotatable bonds is 2. The highest BCUT2D eigenvalue weighted by Gasteiger charge is 2.41. The van der Waals surface area contributed by atoms with E-state index in [4.69, 9.17) is 0 Å². The van der Waals surface area contributed by atoms with Gasteiger partial charge in [0.2, 0.25) is 5.91 Å². The van der Waals surface area contributed by atoms with Crippen LogP contribution in [0.5, 0.6) is 0 Å². The molecule has 2 amide bonds. The first-order valence-corrected chi connectivity index (χ1v) is 8.73. The fourth-order valence-electron chi connectivity index (χ4n) is 2.68. The SMILES string of the molecule is Cc1ccc(N2C(=O)C[S@](=O)[C@H](c3ccccc3)C2=O)cc1C. The Bertz CT molecular complexity index is 801. The van der Waals surface area contributed by atoms with Crippen LogP contribution in [0.2, 0.25) is 0 Å². The van der Waals surface area contributed by atoms with E-state index in [1.54, 1.807) is 30.3 Å². The van der Waals surface area contributed by atoms with Crippen LogP contribution in [0.25, 0.3) is 0 Å². The molecule has 2 atom stereocenters. The lowest BCUT2D eigenvalue weighted by Gasteiger charge is -2.30. The molecule has 0 saturated carbocycles. The number of anilines is 1. The summed E-state index contributed by atoms with van der Waals surface area (Å²) in [4.78, 5) is 26.3. The average Bonchev–Trinajstić information content (AvgIpc) is 2.51. The lowest BCUT2D eigenvalue weighted by Crippen LogP contribution is -2.49. The number of hydrogen-bond acceptors (Lipinski definition) is 3. The molecule has 0 N–H and O–H groups in total. The third-order valence-electron chi connectivity index (χ3n) is 4.07. The third kappa shape index (κ3) is 2.84. The van der Waals surface area contributed by atoms with Crippen molar-refractivity contribution in [2.75, 3.05) is 10.7 Å². The summed E-state index contributed by atoms with van der Waals surface area (Å²) in [6.45, 7) is 3.91. The smallest absolute Gasteiger partial charge is 0.254 e. The molecule has 5 heteroatoms. The standard InChI is InChI=1S/C18H17NO3S/c1-12-8-9-15(10-13(12)2)19-16(20)11-23(22)17(18(19)21)14-6-4-3-5-7-14/h3-10,17H,11H2,1-2H3/t17-,23+/m1/s1. The van der Waals surface area contributed by atoms with Gasteiger partial charge in [0.1, 0.15) is 11.0 Å². The Kier molecular flexibility index (Phi) is 4.13. The summed E-state index contributed by atoms with van der Waals surface area (Å²) in [7, 11) is -1.53. The van der Waals surface area contributed by atoms with E-state index in [0.29, 0.717) is 11.3 Å². The van der Waals surface area contributed by atoms with E-state index in [0.717, 1.165) is 11.1 Å². The molecule has 0 radical (unpaired) electrons. The average molecular weight is 327 g/mol. The van der Waals surface area contributed by atoms with Gasteiger partial charge in [-0.1, -0.05) is 36.4 Å². The van der Waals surface area contributed by atoms with E-state index in [1.807, 2.05) is 32.0 Å². The minimum absolute atomic E-state index is 0.141. The Morgan fingerprint density at radius 3 is 2.35 bits per heavy atom. The molecule has 1 aliphatic rings. The molecule has 1 heterocycles. The number of aryl methyl sites for hydroxylation is 2. The summed E-state index contributed by atoms with van der Waals surface area (Å²) >= 11 is 0. The molecule has 4 nitrogen and oxygen atoms in total. The van der Waals surface area contributed by atoms with Gasteiger partial charge in [0.25, 0.3) is 5.91 Å². The molecule has 118 valence electrons. The molecular formula is C18H17NO3S. The molecule has 0 unspecified atom stereocenters. The van der Waals surface area contributed by atoms with Crippen molar-refractivity contribution in [2.24, 2.45) is 0 Å². The monoisotopic (exact) mass is 327 g/mol. The van der Waals surface area contributed by atoms with E-state index in [2.05, 4.69) is 0 Å². The van der Waals surface area contributed by atoms with Gasteiger partial charge in [-0.05, 0) is 42.7 Å². The number of imide groups is 1. The van der Waals surface area contributed by atoms with Crippen molar-refractivity contribution in [3.05, 3.63) is 65.2 Å². The lowest BCUT2D eigenvalue weighted by atomic mass is 10.1. The van der Waals surface area contributed by atoms with Crippen molar-refractivity contribution < 1.29 is 13.8 Å². The molecule has 1 aliphatic heterocycles. The van der Waals surface area contributed by atoms with Crippen LogP contribution in [0.3, 0.4) is 0 Å². The molecule has 23 heavy (non-hydrogen) atoms. The summed E-state index contributed by atoms with van der Waals surface area (Å²) in [5.74, 6) is -0.976. The molecular weight excluding hydrogens is 310 g/mol. The van der Waals surface area contributed by atoms with Crippen LogP contribution in [-0.2, 0) is 20.4 Å². The summed E-state index contributed by atoms with van der Waals surface area (Å²) < 4.78 is 12.4. The summed E-state index contributed by atoms with van der Waals surface area (Å²) in [6, 6.07) is 14.5. The molecule has 1 saturated heterocycles. The van der Waals surface area contributed by atoms with Gasteiger partial charge < -0.3 is 0 Å². The third-order valence-corrected chi connectivity index (χ3v) is 5.60. The maximum Gasteiger partial charge on any atom is 0.254 e. The predicted molar refractivity (Wildman–Crippen MR) is 90.6 cm³/mol. The Hall–Kier alpha value is -2.27. The van der Waals surface area contributed by atoms with E-state index in [-0.39, 0.29) is 5.75 Å². The minimum Gasteiger partial charge on any atom is -0.273 e. The van der Waals surface area contributed by atoms with Gasteiger partial charge in [-0.3, -0.25) is 13.8 Å². The van der Waals surface area contributed by atoms with Gasteiger partial charge in [0, 0.05) is 10.8 Å². The summed E-state index contributed by atoms with van der Waals surface area (Å²) in [5.41, 5.74) is 3.32. The van der Waals surface area contributed by atoms with E-state index < -0.39 is 27.9 Å². The van der Waals surface area contributed by atoms with Crippen LogP contribution in [0.1, 0.15) is 21.9 Å². The maximum atomic E-state index is 12.9. The number of carbonyl (C=O) groups is 2. The summed E-state index contributed by atoms with van der Waals surface area (Å²) in [6.07, 6.45) is 0. The molecule has 2 aromatic rings. The van der Waals surface area contributed by atoms with Gasteiger partial charge >= 0.3 is 0 Å². The van der Waals surface area contributed by atoms with Crippen LogP contribution in [0.4, 0.5) is 5.69 Å². The maximum absolute atomic E-state index is 12.9. The van der Waals surface area contributed by atoms with Gasteiger partial charge in [-0.15, -0.1) is 0 Å². The van der Waals surface area contributed by atoms with E-state index >= 15 is 0 Å². The van der Waals surface area contributed by atoms with Crippen LogP contribution < -0.4 is 4.90 Å². The highest BCUT2D eigenvalue weighted by Crippen LogP contribution is 2.31. The van der Waals surface area contributed by atoms with Crippen molar-refractivity contribution in [3.63, 3.8) is 0 Å². The molecule has 0 bridgehead atoms. The largest absolute Gasteiger partial charge is 0.273 e. The number of benzene rings is 2. The second-order valence-corrected chi connectivity index (χ2v) is 7.17. The highest BCUT2D eigenvalue weighted by molar-refractivity contribution is 7.87. The molecule has 3 rings (SSSR count). The Labute approximate surface area is 137 Å². The predicted octanol–water partition coefficient (Wildman–Crippen LogP) is 2.67. The topological polar surface area (TPSA) is 54.5 Å². The minimum atomic E-state index is -1.53. The zero-order valence-corrected chi connectivity index (χ0v) is 13.8. The molecule has 0 aromatic heterocycles. The van der Waals surface area contributed by atoms with Gasteiger partial charge in [-0.25, -0.2) is 4.90 Å².